The molecule has 1 unspecified atom stereocenters. The summed E-state index contributed by atoms with van der Waals surface area (Å²) in [7, 11) is 0. The highest BCUT2D eigenvalue weighted by Gasteiger charge is 2.28. The molecular weight excluding hydrogens is 388 g/mol. The summed E-state index contributed by atoms with van der Waals surface area (Å²) in [6.07, 6.45) is 1.35. The van der Waals surface area contributed by atoms with Gasteiger partial charge in [-0.25, -0.2) is 0 Å². The van der Waals surface area contributed by atoms with Gasteiger partial charge in [0.25, 0.3) is 5.91 Å². The fraction of sp³-hybridized carbons (Fsp3) is 0.308. The number of carbonyl (C=O) groups excluding carboxylic acids is 2. The van der Waals surface area contributed by atoms with E-state index in [1.54, 1.807) is 4.90 Å². The fourth-order valence-electron chi connectivity index (χ4n) is 4.04. The zero-order valence-electron chi connectivity index (χ0n) is 17.8. The Labute approximate surface area is 183 Å². The Hall–Kier alpha value is -3.34. The number of para-hydroxylation sites is 1. The molecule has 1 N–H and O–H groups in total. The number of benzene rings is 3. The quantitative estimate of drug-likeness (QED) is 0.651. The lowest BCUT2D eigenvalue weighted by molar-refractivity contribution is -0.137. The molecule has 160 valence electrons. The molecule has 1 heterocycles. The molecule has 4 rings (SSSR count). The molecule has 0 radical (unpaired) electrons. The average molecular weight is 417 g/mol. The highest BCUT2D eigenvalue weighted by Crippen LogP contribution is 2.23. The maximum atomic E-state index is 12.8. The number of amides is 2. The van der Waals surface area contributed by atoms with Gasteiger partial charge in [-0.05, 0) is 54.3 Å². The second-order valence-electron chi connectivity index (χ2n) is 8.09. The van der Waals surface area contributed by atoms with Gasteiger partial charge in [0.2, 0.25) is 5.91 Å². The molecule has 0 spiro atoms. The molecule has 2 amide bonds. The van der Waals surface area contributed by atoms with Crippen LogP contribution in [-0.2, 0) is 9.59 Å². The smallest absolute Gasteiger partial charge is 0.260 e. The van der Waals surface area contributed by atoms with Crippen molar-refractivity contribution in [2.45, 2.75) is 25.8 Å². The van der Waals surface area contributed by atoms with E-state index in [0.29, 0.717) is 31.7 Å². The summed E-state index contributed by atoms with van der Waals surface area (Å²) in [6.45, 7) is 3.21. The molecular formula is C26H28N2O3. The summed E-state index contributed by atoms with van der Waals surface area (Å²) < 4.78 is 5.56. The van der Waals surface area contributed by atoms with E-state index in [9.17, 15) is 9.59 Å². The summed E-state index contributed by atoms with van der Waals surface area (Å²) in [5.74, 6) is 0.648. The lowest BCUT2D eigenvalue weighted by Crippen LogP contribution is -2.44. The average Bonchev–Trinajstić information content (AvgIpc) is 2.83. The van der Waals surface area contributed by atoms with Gasteiger partial charge >= 0.3 is 0 Å². The van der Waals surface area contributed by atoms with Crippen molar-refractivity contribution in [3.05, 3.63) is 78.4 Å². The van der Waals surface area contributed by atoms with Crippen molar-refractivity contribution in [2.24, 2.45) is 5.92 Å². The maximum Gasteiger partial charge on any atom is 0.260 e. The second-order valence-corrected chi connectivity index (χ2v) is 8.09. The molecule has 1 fully saturated rings. The molecule has 3 aromatic carbocycles. The van der Waals surface area contributed by atoms with E-state index in [0.717, 1.165) is 5.56 Å². The maximum absolute atomic E-state index is 12.8. The molecule has 0 aromatic heterocycles. The number of nitrogens with one attached hydrogen (secondary N) is 1. The molecule has 1 saturated heterocycles. The highest BCUT2D eigenvalue weighted by atomic mass is 16.5. The van der Waals surface area contributed by atoms with Crippen molar-refractivity contribution < 1.29 is 14.3 Å². The monoisotopic (exact) mass is 416 g/mol. The summed E-state index contributed by atoms with van der Waals surface area (Å²) in [6, 6.07) is 23.8. The molecule has 5 heteroatoms. The first-order valence-corrected chi connectivity index (χ1v) is 10.8. The van der Waals surface area contributed by atoms with Crippen LogP contribution in [0.5, 0.6) is 5.75 Å². The standard InChI is InChI=1S/C26H28N2O3/c1-19(22-12-11-20-7-5-6-8-23(20)17-22)27-26(30)21-13-15-28(16-14-21)25(29)18-31-24-9-3-2-4-10-24/h2-12,17,19,21H,13-16,18H2,1H3,(H,27,30). The molecule has 0 saturated carbocycles. The van der Waals surface area contributed by atoms with Crippen molar-refractivity contribution in [2.75, 3.05) is 19.7 Å². The summed E-state index contributed by atoms with van der Waals surface area (Å²) in [5, 5.41) is 5.52. The van der Waals surface area contributed by atoms with Gasteiger partial charge < -0.3 is 15.0 Å². The van der Waals surface area contributed by atoms with E-state index in [4.69, 9.17) is 4.74 Å². The van der Waals surface area contributed by atoms with Gasteiger partial charge in [-0.3, -0.25) is 9.59 Å². The molecule has 1 aliphatic rings. The Kier molecular flexibility index (Phi) is 6.51. The Morgan fingerprint density at radius 2 is 1.65 bits per heavy atom. The summed E-state index contributed by atoms with van der Waals surface area (Å²) >= 11 is 0. The van der Waals surface area contributed by atoms with Crippen LogP contribution in [0.25, 0.3) is 10.8 Å². The number of hydrogen-bond acceptors (Lipinski definition) is 3. The van der Waals surface area contributed by atoms with Gasteiger partial charge in [0.05, 0.1) is 6.04 Å². The molecule has 0 aliphatic carbocycles. The topological polar surface area (TPSA) is 58.6 Å². The molecule has 3 aromatic rings. The molecule has 1 aliphatic heterocycles. The third-order valence-corrected chi connectivity index (χ3v) is 5.96. The van der Waals surface area contributed by atoms with Crippen LogP contribution in [0.15, 0.2) is 72.8 Å². The fourth-order valence-corrected chi connectivity index (χ4v) is 4.04. The second kappa shape index (κ2) is 9.65. The molecule has 5 nitrogen and oxygen atoms in total. The van der Waals surface area contributed by atoms with Crippen LogP contribution < -0.4 is 10.1 Å². The van der Waals surface area contributed by atoms with Gasteiger partial charge in [-0.1, -0.05) is 54.6 Å². The minimum absolute atomic E-state index is 0.0277. The van der Waals surface area contributed by atoms with Crippen molar-refractivity contribution >= 4 is 22.6 Å². The third-order valence-electron chi connectivity index (χ3n) is 5.96. The largest absolute Gasteiger partial charge is 0.484 e. The SMILES string of the molecule is CC(NC(=O)C1CCN(C(=O)COc2ccccc2)CC1)c1ccc2ccccc2c1. The van der Waals surface area contributed by atoms with Crippen LogP contribution in [-0.4, -0.2) is 36.4 Å². The van der Waals surface area contributed by atoms with Crippen LogP contribution in [0.2, 0.25) is 0 Å². The Bertz CT molecular complexity index is 1040. The zero-order valence-corrected chi connectivity index (χ0v) is 17.8. The summed E-state index contributed by atoms with van der Waals surface area (Å²) in [5.41, 5.74) is 1.10. The van der Waals surface area contributed by atoms with Crippen molar-refractivity contribution in [3.8, 4) is 5.75 Å². The number of ether oxygens (including phenoxy) is 1. The number of rotatable bonds is 6. The lowest BCUT2D eigenvalue weighted by atomic mass is 9.95. The van der Waals surface area contributed by atoms with Gasteiger partial charge in [0, 0.05) is 19.0 Å². The van der Waals surface area contributed by atoms with Crippen LogP contribution in [0.1, 0.15) is 31.4 Å². The van der Waals surface area contributed by atoms with E-state index < -0.39 is 0 Å². The Balaban J connectivity index is 1.26. The van der Waals surface area contributed by atoms with Crippen molar-refractivity contribution in [1.29, 1.82) is 0 Å². The number of piperidine rings is 1. The van der Waals surface area contributed by atoms with Gasteiger partial charge in [0.15, 0.2) is 6.61 Å². The molecule has 1 atom stereocenters. The van der Waals surface area contributed by atoms with Gasteiger partial charge in [-0.15, -0.1) is 0 Å². The number of nitrogens with zero attached hydrogens (tertiary/aromatic N) is 1. The normalized spacial score (nSPS) is 15.5. The van der Waals surface area contributed by atoms with Crippen LogP contribution >= 0.6 is 0 Å². The zero-order chi connectivity index (χ0) is 21.6. The first kappa shape index (κ1) is 20.9. The molecule has 0 bridgehead atoms. The van der Waals surface area contributed by atoms with E-state index in [-0.39, 0.29) is 30.4 Å². The predicted octanol–water partition coefficient (Wildman–Crippen LogP) is 4.33. The Morgan fingerprint density at radius 3 is 2.39 bits per heavy atom. The van der Waals surface area contributed by atoms with E-state index in [2.05, 4.69) is 35.6 Å². The van der Waals surface area contributed by atoms with Crippen LogP contribution in [0.4, 0.5) is 0 Å². The lowest BCUT2D eigenvalue weighted by Gasteiger charge is -2.32. The number of hydrogen-bond donors (Lipinski definition) is 1. The minimum atomic E-state index is -0.0676. The van der Waals surface area contributed by atoms with Crippen LogP contribution in [0, 0.1) is 5.92 Å². The van der Waals surface area contributed by atoms with E-state index in [1.165, 1.54) is 10.8 Å². The van der Waals surface area contributed by atoms with Crippen LogP contribution in [0.3, 0.4) is 0 Å². The predicted molar refractivity (Wildman–Crippen MR) is 122 cm³/mol. The van der Waals surface area contributed by atoms with E-state index in [1.807, 2.05) is 49.4 Å². The first-order valence-electron chi connectivity index (χ1n) is 10.8. The van der Waals surface area contributed by atoms with Crippen molar-refractivity contribution in [1.82, 2.24) is 10.2 Å². The Morgan fingerprint density at radius 1 is 0.968 bits per heavy atom. The number of likely N-dealkylation sites (tertiary alicyclic amines) is 1. The summed E-state index contributed by atoms with van der Waals surface area (Å²) in [4.78, 5) is 27.0. The van der Waals surface area contributed by atoms with Gasteiger partial charge in [0.1, 0.15) is 5.75 Å². The number of carbonyl (C=O) groups is 2. The third kappa shape index (κ3) is 5.23. The van der Waals surface area contributed by atoms with Gasteiger partial charge in [-0.2, -0.15) is 0 Å². The van der Waals surface area contributed by atoms with E-state index >= 15 is 0 Å². The first-order chi connectivity index (χ1) is 15.1. The highest BCUT2D eigenvalue weighted by molar-refractivity contribution is 5.84. The van der Waals surface area contributed by atoms with Crippen molar-refractivity contribution in [3.63, 3.8) is 0 Å². The molecule has 31 heavy (non-hydrogen) atoms. The number of fused-ring (bicyclic) bond motifs is 1. The minimum Gasteiger partial charge on any atom is -0.484 e.